The highest BCUT2D eigenvalue weighted by atomic mass is 14.3. The molecule has 49 heavy (non-hydrogen) atoms. The van der Waals surface area contributed by atoms with Gasteiger partial charge in [0.2, 0.25) is 0 Å². The molecule has 2 aliphatic rings. The van der Waals surface area contributed by atoms with Crippen LogP contribution in [-0.4, -0.2) is 0 Å². The van der Waals surface area contributed by atoms with Crippen LogP contribution >= 0.6 is 0 Å². The molecule has 0 amide bonds. The SMILES string of the molecule is c1ccc2cc(-c3ccc(-c4ccc5cc(-c6ccc7c8c(cccc68)-c6ccc(CC8CCCCC8)cc6-7)ccc5c4)cc3)ccc2c1. The fraction of sp³-hybridized carbons (Fsp3) is 0.143. The highest BCUT2D eigenvalue weighted by molar-refractivity contribution is 6.19. The van der Waals surface area contributed by atoms with Crippen molar-refractivity contribution in [2.75, 3.05) is 0 Å². The van der Waals surface area contributed by atoms with Crippen LogP contribution in [0.15, 0.2) is 152 Å². The Kier molecular flexibility index (Phi) is 6.76. The van der Waals surface area contributed by atoms with Crippen LogP contribution in [0.3, 0.4) is 0 Å². The van der Waals surface area contributed by atoms with Crippen LogP contribution in [-0.2, 0) is 6.42 Å². The quantitative estimate of drug-likeness (QED) is 0.178. The molecule has 234 valence electrons. The maximum atomic E-state index is 2.50. The second kappa shape index (κ2) is 11.6. The van der Waals surface area contributed by atoms with Crippen molar-refractivity contribution in [3.8, 4) is 55.6 Å². The maximum absolute atomic E-state index is 2.50. The van der Waals surface area contributed by atoms with E-state index in [0.29, 0.717) is 0 Å². The van der Waals surface area contributed by atoms with Gasteiger partial charge in [0, 0.05) is 0 Å². The second-order valence-electron chi connectivity index (χ2n) is 14.4. The molecular weight excluding hydrogens is 589 g/mol. The minimum Gasteiger partial charge on any atom is -0.0616 e. The summed E-state index contributed by atoms with van der Waals surface area (Å²) in [4.78, 5) is 0. The molecule has 0 saturated heterocycles. The third-order valence-corrected chi connectivity index (χ3v) is 11.4. The molecule has 10 rings (SSSR count). The summed E-state index contributed by atoms with van der Waals surface area (Å²) in [5.41, 5.74) is 14.7. The average molecular weight is 627 g/mol. The Bertz CT molecular complexity index is 2540. The summed E-state index contributed by atoms with van der Waals surface area (Å²) in [5.74, 6) is 0.851. The van der Waals surface area contributed by atoms with Crippen LogP contribution in [0, 0.1) is 5.92 Å². The van der Waals surface area contributed by atoms with Crippen LogP contribution in [0.2, 0.25) is 0 Å². The lowest BCUT2D eigenvalue weighted by Gasteiger charge is -2.21. The van der Waals surface area contributed by atoms with E-state index in [1.807, 2.05) is 0 Å². The van der Waals surface area contributed by atoms with Crippen LogP contribution < -0.4 is 0 Å². The molecule has 0 aromatic heterocycles. The lowest BCUT2D eigenvalue weighted by molar-refractivity contribution is 0.357. The molecule has 1 fully saturated rings. The highest BCUT2D eigenvalue weighted by Crippen LogP contribution is 2.50. The number of rotatable bonds is 5. The monoisotopic (exact) mass is 626 g/mol. The van der Waals surface area contributed by atoms with Crippen molar-refractivity contribution < 1.29 is 0 Å². The zero-order chi connectivity index (χ0) is 32.3. The molecule has 0 atom stereocenters. The molecule has 8 aromatic rings. The van der Waals surface area contributed by atoms with Crippen molar-refractivity contribution in [2.24, 2.45) is 5.92 Å². The Hall–Kier alpha value is -5.46. The summed E-state index contributed by atoms with van der Waals surface area (Å²) in [5, 5.41) is 7.85. The van der Waals surface area contributed by atoms with E-state index in [-0.39, 0.29) is 0 Å². The van der Waals surface area contributed by atoms with E-state index in [4.69, 9.17) is 0 Å². The van der Waals surface area contributed by atoms with Crippen LogP contribution in [0.1, 0.15) is 37.7 Å². The van der Waals surface area contributed by atoms with E-state index >= 15 is 0 Å². The van der Waals surface area contributed by atoms with Gasteiger partial charge in [0.15, 0.2) is 0 Å². The fourth-order valence-corrected chi connectivity index (χ4v) is 8.82. The van der Waals surface area contributed by atoms with Crippen LogP contribution in [0.4, 0.5) is 0 Å². The molecule has 2 aliphatic carbocycles. The largest absolute Gasteiger partial charge is 0.0616 e. The summed E-state index contributed by atoms with van der Waals surface area (Å²) in [6, 6.07) is 57.1. The maximum Gasteiger partial charge on any atom is -0.00201 e. The van der Waals surface area contributed by atoms with Gasteiger partial charge in [0.1, 0.15) is 0 Å². The third-order valence-electron chi connectivity index (χ3n) is 11.4. The first kappa shape index (κ1) is 28.5. The number of hydrogen-bond acceptors (Lipinski definition) is 0. The minimum absolute atomic E-state index is 0.851. The molecule has 0 heterocycles. The first-order valence-electron chi connectivity index (χ1n) is 18.1. The molecule has 8 aromatic carbocycles. The average Bonchev–Trinajstić information content (AvgIpc) is 3.49. The molecule has 0 heteroatoms. The third kappa shape index (κ3) is 4.98. The summed E-state index contributed by atoms with van der Waals surface area (Å²) in [6.45, 7) is 0. The van der Waals surface area contributed by atoms with Gasteiger partial charge >= 0.3 is 0 Å². The molecule has 0 nitrogen and oxygen atoms in total. The van der Waals surface area contributed by atoms with Gasteiger partial charge in [-0.05, 0) is 124 Å². The Morgan fingerprint density at radius 3 is 1.69 bits per heavy atom. The van der Waals surface area contributed by atoms with Crippen LogP contribution in [0.25, 0.3) is 88.0 Å². The first-order valence-corrected chi connectivity index (χ1v) is 18.1. The topological polar surface area (TPSA) is 0 Å². The molecule has 1 saturated carbocycles. The lowest BCUT2D eigenvalue weighted by Crippen LogP contribution is -2.09. The Morgan fingerprint density at radius 1 is 0.367 bits per heavy atom. The molecule has 0 bridgehead atoms. The number of fused-ring (bicyclic) bond motifs is 5. The van der Waals surface area contributed by atoms with E-state index < -0.39 is 0 Å². The highest BCUT2D eigenvalue weighted by Gasteiger charge is 2.24. The summed E-state index contributed by atoms with van der Waals surface area (Å²) >= 11 is 0. The van der Waals surface area contributed by atoms with Gasteiger partial charge in [-0.25, -0.2) is 0 Å². The molecule has 0 aliphatic heterocycles. The van der Waals surface area contributed by atoms with Gasteiger partial charge in [-0.3, -0.25) is 0 Å². The zero-order valence-electron chi connectivity index (χ0n) is 27.8. The second-order valence-corrected chi connectivity index (χ2v) is 14.4. The van der Waals surface area contributed by atoms with E-state index in [0.717, 1.165) is 5.92 Å². The Balaban J connectivity index is 0.954. The van der Waals surface area contributed by atoms with Gasteiger partial charge in [-0.2, -0.15) is 0 Å². The summed E-state index contributed by atoms with van der Waals surface area (Å²) in [7, 11) is 0. The number of hydrogen-bond donors (Lipinski definition) is 0. The molecule has 0 N–H and O–H groups in total. The molecule has 0 unspecified atom stereocenters. The van der Waals surface area contributed by atoms with E-state index in [9.17, 15) is 0 Å². The number of benzene rings is 8. The van der Waals surface area contributed by atoms with Crippen molar-refractivity contribution in [3.63, 3.8) is 0 Å². The van der Waals surface area contributed by atoms with Crippen molar-refractivity contribution in [2.45, 2.75) is 38.5 Å². The van der Waals surface area contributed by atoms with Crippen molar-refractivity contribution >= 4 is 32.3 Å². The van der Waals surface area contributed by atoms with Crippen molar-refractivity contribution in [1.29, 1.82) is 0 Å². The standard InChI is InChI=1S/C49H38/c1-2-7-32(8-3-1)27-33-13-24-44-46-12-6-11-45-43(25-26-47(49(45)46)48(44)28-33)42-23-22-40-30-39(20-21-41(40)31-42)36-16-14-35(15-17-36)38-19-18-34-9-4-5-10-37(34)29-38/h4-6,9-26,28-32H,1-3,7-8,27H2. The zero-order valence-corrected chi connectivity index (χ0v) is 27.8. The van der Waals surface area contributed by atoms with E-state index in [2.05, 4.69) is 152 Å². The van der Waals surface area contributed by atoms with Gasteiger partial charge in [0.05, 0.1) is 0 Å². The van der Waals surface area contributed by atoms with Gasteiger partial charge in [0.25, 0.3) is 0 Å². The predicted molar refractivity (Wildman–Crippen MR) is 210 cm³/mol. The van der Waals surface area contributed by atoms with Gasteiger partial charge in [-0.1, -0.05) is 166 Å². The molecule has 0 spiro atoms. The Morgan fingerprint density at radius 2 is 0.939 bits per heavy atom. The van der Waals surface area contributed by atoms with Crippen molar-refractivity contribution in [1.82, 2.24) is 0 Å². The van der Waals surface area contributed by atoms with Gasteiger partial charge < -0.3 is 0 Å². The fourth-order valence-electron chi connectivity index (χ4n) is 8.82. The molecular formula is C49H38. The summed E-state index contributed by atoms with van der Waals surface area (Å²) < 4.78 is 0. The molecule has 0 radical (unpaired) electrons. The van der Waals surface area contributed by atoms with Gasteiger partial charge in [-0.15, -0.1) is 0 Å². The van der Waals surface area contributed by atoms with Crippen molar-refractivity contribution in [3.05, 3.63) is 157 Å². The summed E-state index contributed by atoms with van der Waals surface area (Å²) in [6.07, 6.45) is 8.23. The van der Waals surface area contributed by atoms with Crippen LogP contribution in [0.5, 0.6) is 0 Å². The Labute approximate surface area is 288 Å². The lowest BCUT2D eigenvalue weighted by atomic mass is 9.84. The normalized spacial score (nSPS) is 14.1. The first-order chi connectivity index (χ1) is 24.2. The van der Waals surface area contributed by atoms with E-state index in [1.165, 1.54) is 132 Å². The smallest absolute Gasteiger partial charge is 0.00201 e. The predicted octanol–water partition coefficient (Wildman–Crippen LogP) is 13.9. The van der Waals surface area contributed by atoms with E-state index in [1.54, 1.807) is 0 Å². The minimum atomic E-state index is 0.851.